The van der Waals surface area contributed by atoms with E-state index in [4.69, 9.17) is 9.84 Å². The van der Waals surface area contributed by atoms with Gasteiger partial charge in [0.15, 0.2) is 0 Å². The van der Waals surface area contributed by atoms with Crippen LogP contribution in [0.1, 0.15) is 34.6 Å². The first kappa shape index (κ1) is 17.7. The van der Waals surface area contributed by atoms with Gasteiger partial charge in [0.25, 0.3) is 0 Å². The normalized spacial score (nSPS) is 11.5. The molecular weight excluding hydrogens is 248 g/mol. The second kappa shape index (κ2) is 7.99. The number of nitrogens with one attached hydrogen (secondary N) is 1. The third kappa shape index (κ3) is 8.42. The summed E-state index contributed by atoms with van der Waals surface area (Å²) in [7, 11) is 0. The molecule has 6 nitrogen and oxygen atoms in total. The first-order valence-corrected chi connectivity index (χ1v) is 6.56. The topological polar surface area (TPSA) is 78.9 Å². The van der Waals surface area contributed by atoms with Crippen LogP contribution >= 0.6 is 0 Å². The molecule has 2 amide bonds. The number of carboxylic acid groups (broad SMARTS) is 1. The number of carbonyl (C=O) groups excluding carboxylic acids is 1. The third-order valence-corrected chi connectivity index (χ3v) is 2.40. The van der Waals surface area contributed by atoms with Crippen molar-refractivity contribution in [1.29, 1.82) is 0 Å². The van der Waals surface area contributed by atoms with Crippen LogP contribution in [-0.4, -0.2) is 53.8 Å². The minimum atomic E-state index is -1.01. The maximum atomic E-state index is 12.0. The van der Waals surface area contributed by atoms with E-state index in [1.54, 1.807) is 0 Å². The smallest absolute Gasteiger partial charge is 0.323 e. The summed E-state index contributed by atoms with van der Waals surface area (Å²) in [6, 6.07) is -0.371. The van der Waals surface area contributed by atoms with Crippen molar-refractivity contribution in [1.82, 2.24) is 10.2 Å². The Morgan fingerprint density at radius 3 is 2.37 bits per heavy atom. The number of aliphatic carboxylic acids is 1. The molecule has 0 unspecified atom stereocenters. The first-order valence-electron chi connectivity index (χ1n) is 6.56. The van der Waals surface area contributed by atoms with Crippen LogP contribution in [0.4, 0.5) is 4.79 Å². The molecule has 0 aliphatic heterocycles. The lowest BCUT2D eigenvalue weighted by Gasteiger charge is -2.28. The zero-order valence-corrected chi connectivity index (χ0v) is 12.5. The van der Waals surface area contributed by atoms with E-state index in [9.17, 15) is 9.59 Å². The molecule has 2 N–H and O–H groups in total. The van der Waals surface area contributed by atoms with Crippen molar-refractivity contribution in [3.63, 3.8) is 0 Å². The van der Waals surface area contributed by atoms with Gasteiger partial charge in [-0.2, -0.15) is 0 Å². The van der Waals surface area contributed by atoms with Crippen LogP contribution in [-0.2, 0) is 9.53 Å². The molecule has 19 heavy (non-hydrogen) atoms. The number of ether oxygens (including phenoxy) is 1. The second-order valence-corrected chi connectivity index (χ2v) is 5.52. The fraction of sp³-hybridized carbons (Fsp3) is 0.846. The molecule has 0 aromatic heterocycles. The average molecular weight is 274 g/mol. The van der Waals surface area contributed by atoms with Crippen LogP contribution in [0.5, 0.6) is 0 Å². The zero-order chi connectivity index (χ0) is 15.1. The number of carboxylic acids is 1. The Bertz CT molecular complexity index is 303. The molecule has 0 fully saturated rings. The molecule has 0 spiro atoms. The van der Waals surface area contributed by atoms with Gasteiger partial charge >= 0.3 is 12.0 Å². The molecule has 0 rings (SSSR count). The number of amides is 2. The predicted molar refractivity (Wildman–Crippen MR) is 73.2 cm³/mol. The van der Waals surface area contributed by atoms with Crippen LogP contribution in [0.25, 0.3) is 0 Å². The molecule has 0 heterocycles. The van der Waals surface area contributed by atoms with Crippen molar-refractivity contribution in [2.45, 2.75) is 40.2 Å². The van der Waals surface area contributed by atoms with Crippen LogP contribution in [0.2, 0.25) is 0 Å². The molecule has 0 aliphatic carbocycles. The van der Waals surface area contributed by atoms with E-state index in [-0.39, 0.29) is 18.5 Å². The fourth-order valence-electron chi connectivity index (χ4n) is 1.67. The molecule has 0 aromatic rings. The molecule has 112 valence electrons. The summed E-state index contributed by atoms with van der Waals surface area (Å²) in [6.07, 6.45) is 0. The summed E-state index contributed by atoms with van der Waals surface area (Å²) < 4.78 is 5.47. The van der Waals surface area contributed by atoms with Crippen molar-refractivity contribution in [2.75, 3.05) is 26.2 Å². The molecule has 0 atom stereocenters. The van der Waals surface area contributed by atoms with Crippen LogP contribution < -0.4 is 5.32 Å². The summed E-state index contributed by atoms with van der Waals surface area (Å²) >= 11 is 0. The van der Waals surface area contributed by atoms with Gasteiger partial charge in [-0.1, -0.05) is 13.8 Å². The molecule has 0 saturated heterocycles. The second-order valence-electron chi connectivity index (χ2n) is 5.52. The Morgan fingerprint density at radius 2 is 1.95 bits per heavy atom. The molecule has 0 aliphatic rings. The quantitative estimate of drug-likeness (QED) is 0.704. The van der Waals surface area contributed by atoms with Gasteiger partial charge in [0.2, 0.25) is 0 Å². The Labute approximate surface area is 115 Å². The van der Waals surface area contributed by atoms with Crippen molar-refractivity contribution in [3.05, 3.63) is 0 Å². The van der Waals surface area contributed by atoms with Crippen molar-refractivity contribution < 1.29 is 19.4 Å². The van der Waals surface area contributed by atoms with Gasteiger partial charge in [-0.3, -0.25) is 4.79 Å². The van der Waals surface area contributed by atoms with Crippen LogP contribution in [0.15, 0.2) is 0 Å². The zero-order valence-electron chi connectivity index (χ0n) is 12.5. The molecular formula is C13H26N2O4. The molecule has 0 aromatic carbocycles. The highest BCUT2D eigenvalue weighted by Gasteiger charge is 2.22. The van der Waals surface area contributed by atoms with E-state index < -0.39 is 11.6 Å². The third-order valence-electron chi connectivity index (χ3n) is 2.40. The average Bonchev–Trinajstić information content (AvgIpc) is 2.23. The van der Waals surface area contributed by atoms with Gasteiger partial charge in [-0.05, 0) is 26.7 Å². The molecule has 0 bridgehead atoms. The highest BCUT2D eigenvalue weighted by molar-refractivity contribution is 5.80. The van der Waals surface area contributed by atoms with Gasteiger partial charge in [-0.15, -0.1) is 0 Å². The Hall–Kier alpha value is -1.30. The van der Waals surface area contributed by atoms with Crippen LogP contribution in [0, 0.1) is 5.92 Å². The number of hydrogen-bond donors (Lipinski definition) is 2. The number of nitrogens with zero attached hydrogens (tertiary/aromatic N) is 1. The lowest BCUT2D eigenvalue weighted by atomic mass is 10.1. The lowest BCUT2D eigenvalue weighted by Crippen LogP contribution is -2.49. The highest BCUT2D eigenvalue weighted by Crippen LogP contribution is 2.07. The Kier molecular flexibility index (Phi) is 7.44. The first-order chi connectivity index (χ1) is 8.68. The van der Waals surface area contributed by atoms with Gasteiger partial charge in [0, 0.05) is 19.7 Å². The molecule has 0 radical (unpaired) electrons. The summed E-state index contributed by atoms with van der Waals surface area (Å²) in [5.41, 5.74) is -0.461. The minimum Gasteiger partial charge on any atom is -0.480 e. The van der Waals surface area contributed by atoms with E-state index in [2.05, 4.69) is 5.32 Å². The van der Waals surface area contributed by atoms with E-state index in [0.29, 0.717) is 19.7 Å². The number of hydrogen-bond acceptors (Lipinski definition) is 3. The Balaban J connectivity index is 4.43. The Morgan fingerprint density at radius 1 is 1.37 bits per heavy atom. The van der Waals surface area contributed by atoms with E-state index in [1.165, 1.54) is 4.90 Å². The van der Waals surface area contributed by atoms with Gasteiger partial charge in [-0.25, -0.2) is 4.79 Å². The standard InChI is InChI=1S/C13H26N2O4/c1-6-19-13(4,5)9-14-12(18)15(7-10(2)3)8-11(16)17/h10H,6-9H2,1-5H3,(H,14,18)(H,16,17). The number of urea groups is 1. The monoisotopic (exact) mass is 274 g/mol. The van der Waals surface area contributed by atoms with Gasteiger partial charge in [0.1, 0.15) is 6.54 Å². The van der Waals surface area contributed by atoms with Gasteiger partial charge < -0.3 is 20.1 Å². The van der Waals surface area contributed by atoms with E-state index >= 15 is 0 Å². The number of carbonyl (C=O) groups is 2. The van der Waals surface area contributed by atoms with E-state index in [1.807, 2.05) is 34.6 Å². The van der Waals surface area contributed by atoms with Crippen LogP contribution in [0.3, 0.4) is 0 Å². The fourth-order valence-corrected chi connectivity index (χ4v) is 1.67. The van der Waals surface area contributed by atoms with Crippen molar-refractivity contribution in [2.24, 2.45) is 5.92 Å². The largest absolute Gasteiger partial charge is 0.480 e. The maximum Gasteiger partial charge on any atom is 0.323 e. The highest BCUT2D eigenvalue weighted by atomic mass is 16.5. The summed E-state index contributed by atoms with van der Waals surface area (Å²) in [6.45, 7) is 10.5. The number of rotatable bonds is 8. The predicted octanol–water partition coefficient (Wildman–Crippen LogP) is 1.55. The summed E-state index contributed by atoms with van der Waals surface area (Å²) in [5.74, 6) is -0.801. The van der Waals surface area contributed by atoms with Gasteiger partial charge in [0.05, 0.1) is 5.60 Å². The molecule has 0 saturated carbocycles. The minimum absolute atomic E-state index is 0.213. The maximum absolute atomic E-state index is 12.0. The van der Waals surface area contributed by atoms with Crippen molar-refractivity contribution >= 4 is 12.0 Å². The molecule has 6 heteroatoms. The SMILES string of the molecule is CCOC(C)(C)CNC(=O)N(CC(=O)O)CC(C)C. The summed E-state index contributed by atoms with van der Waals surface area (Å²) in [4.78, 5) is 24.0. The lowest BCUT2D eigenvalue weighted by molar-refractivity contribution is -0.137. The van der Waals surface area contributed by atoms with Crippen molar-refractivity contribution in [3.8, 4) is 0 Å². The van der Waals surface area contributed by atoms with E-state index in [0.717, 1.165) is 0 Å². The summed E-state index contributed by atoms with van der Waals surface area (Å²) in [5, 5.41) is 11.5.